The predicted molar refractivity (Wildman–Crippen MR) is 116 cm³/mol. The highest BCUT2D eigenvalue weighted by Gasteiger charge is 2.53. The lowest BCUT2D eigenvalue weighted by molar-refractivity contribution is -0.792. The van der Waals surface area contributed by atoms with Crippen molar-refractivity contribution in [1.82, 2.24) is 5.32 Å². The second kappa shape index (κ2) is 8.16. The molecule has 160 valence electrons. The van der Waals surface area contributed by atoms with Gasteiger partial charge in [0.2, 0.25) is 0 Å². The molecule has 0 radical (unpaired) electrons. The molecule has 0 saturated carbocycles. The van der Waals surface area contributed by atoms with Gasteiger partial charge in [0, 0.05) is 29.9 Å². The Morgan fingerprint density at radius 3 is 2.84 bits per heavy atom. The summed E-state index contributed by atoms with van der Waals surface area (Å²) in [5.41, 5.74) is 1.91. The molecule has 1 aromatic carbocycles. The second-order valence-corrected chi connectivity index (χ2v) is 8.56. The fraction of sp³-hybridized carbons (Fsp3) is 0.273. The van der Waals surface area contributed by atoms with Gasteiger partial charge < -0.3 is 9.52 Å². The first-order valence-electron chi connectivity index (χ1n) is 9.95. The van der Waals surface area contributed by atoms with Gasteiger partial charge in [-0.15, -0.1) is 0 Å². The Hall–Kier alpha value is -3.17. The van der Waals surface area contributed by atoms with Gasteiger partial charge in [-0.1, -0.05) is 13.0 Å². The number of fused-ring (bicyclic) bond motifs is 1. The predicted octanol–water partition coefficient (Wildman–Crippen LogP) is 4.36. The normalized spacial score (nSPS) is 25.1. The van der Waals surface area contributed by atoms with E-state index in [0.29, 0.717) is 52.8 Å². The number of thioether (sulfide) groups is 1. The Labute approximate surface area is 182 Å². The molecule has 0 spiro atoms. The van der Waals surface area contributed by atoms with Crippen LogP contribution in [0.1, 0.15) is 37.3 Å². The van der Waals surface area contributed by atoms with E-state index in [-0.39, 0.29) is 6.04 Å². The zero-order valence-electron chi connectivity index (χ0n) is 16.8. The maximum Gasteiger partial charge on any atom is 0.521 e. The zero-order chi connectivity index (χ0) is 22.2. The van der Waals surface area contributed by atoms with Gasteiger partial charge in [0.1, 0.15) is 11.6 Å². The molecule has 9 heteroatoms. The van der Waals surface area contributed by atoms with E-state index in [0.717, 1.165) is 11.8 Å². The van der Waals surface area contributed by atoms with E-state index in [2.05, 4.69) is 5.32 Å². The molecule has 2 N–H and O–H groups in total. The smallest absolute Gasteiger partial charge is 0.464 e. The number of likely N-dealkylation sites (tertiary alicyclic amines) is 1. The molecular weight excluding hydrogens is 420 g/mol. The standard InChI is InChI=1S/C22H20N2O6S/c1-2-15-4-3-9-24(15,22(28)29)19(25)8-6-14-12-30-17-7-5-13(10-16(14)17)11-18-20(26)23-21(27)31-18/h5-8,10-12,15H,2-4,9H2,1H3,(H-,23,26,27,28,29)/p+1/t15-,24?/m1/s1. The number of carboxylic acid groups (broad SMARTS) is 1. The van der Waals surface area contributed by atoms with Crippen molar-refractivity contribution in [3.05, 3.63) is 46.6 Å². The van der Waals surface area contributed by atoms with Gasteiger partial charge in [-0.2, -0.15) is 9.28 Å². The molecule has 1 unspecified atom stereocenters. The fourth-order valence-electron chi connectivity index (χ4n) is 4.28. The molecule has 2 aromatic rings. The number of carbonyl (C=O) groups excluding carboxylic acids is 3. The van der Waals surface area contributed by atoms with Crippen molar-refractivity contribution in [3.63, 3.8) is 0 Å². The summed E-state index contributed by atoms with van der Waals surface area (Å²) in [4.78, 5) is 48.4. The van der Waals surface area contributed by atoms with Crippen molar-refractivity contribution in [3.8, 4) is 0 Å². The lowest BCUT2D eigenvalue weighted by Gasteiger charge is -2.29. The van der Waals surface area contributed by atoms with E-state index in [1.807, 2.05) is 6.92 Å². The average Bonchev–Trinajstić information content (AvgIpc) is 3.43. The van der Waals surface area contributed by atoms with Crippen LogP contribution < -0.4 is 5.32 Å². The summed E-state index contributed by atoms with van der Waals surface area (Å²) >= 11 is 0.835. The molecule has 2 aliphatic rings. The van der Waals surface area contributed by atoms with Crippen molar-refractivity contribution in [2.75, 3.05) is 6.54 Å². The quantitative estimate of drug-likeness (QED) is 0.535. The number of rotatable bonds is 4. The molecule has 4 amide bonds. The number of carbonyl (C=O) groups is 4. The van der Waals surface area contributed by atoms with E-state index in [1.165, 1.54) is 12.3 Å². The lowest BCUT2D eigenvalue weighted by atomic mass is 10.1. The van der Waals surface area contributed by atoms with Crippen LogP contribution in [0.15, 0.2) is 39.9 Å². The minimum atomic E-state index is -1.12. The summed E-state index contributed by atoms with van der Waals surface area (Å²) in [5.74, 6) is -0.895. The number of benzene rings is 1. The minimum Gasteiger partial charge on any atom is -0.464 e. The van der Waals surface area contributed by atoms with Crippen LogP contribution in [-0.2, 0) is 9.59 Å². The molecule has 2 atom stereocenters. The van der Waals surface area contributed by atoms with Crippen molar-refractivity contribution in [2.24, 2.45) is 0 Å². The first kappa shape index (κ1) is 21.1. The van der Waals surface area contributed by atoms with Crippen molar-refractivity contribution < 1.29 is 33.2 Å². The number of nitrogens with zero attached hydrogens (tertiary/aromatic N) is 1. The van der Waals surface area contributed by atoms with Crippen LogP contribution in [-0.4, -0.2) is 45.3 Å². The highest BCUT2D eigenvalue weighted by atomic mass is 32.2. The first-order valence-corrected chi connectivity index (χ1v) is 10.8. The van der Waals surface area contributed by atoms with Crippen LogP contribution in [0.4, 0.5) is 9.59 Å². The Bertz CT molecular complexity index is 1160. The van der Waals surface area contributed by atoms with E-state index in [9.17, 15) is 24.3 Å². The third-order valence-corrected chi connectivity index (χ3v) is 6.66. The largest absolute Gasteiger partial charge is 0.521 e. The van der Waals surface area contributed by atoms with Crippen molar-refractivity contribution in [1.29, 1.82) is 0 Å². The first-order chi connectivity index (χ1) is 14.8. The monoisotopic (exact) mass is 441 g/mol. The van der Waals surface area contributed by atoms with E-state index in [1.54, 1.807) is 30.4 Å². The number of hydrogen-bond donors (Lipinski definition) is 2. The summed E-state index contributed by atoms with van der Waals surface area (Å²) in [6.07, 6.45) is 6.90. The van der Waals surface area contributed by atoms with Crippen LogP contribution in [0.25, 0.3) is 23.1 Å². The molecule has 4 rings (SSSR count). The van der Waals surface area contributed by atoms with Gasteiger partial charge in [-0.25, -0.2) is 4.79 Å². The number of quaternary nitrogens is 1. The lowest BCUT2D eigenvalue weighted by Crippen LogP contribution is -2.58. The molecule has 3 heterocycles. The average molecular weight is 441 g/mol. The molecule has 31 heavy (non-hydrogen) atoms. The van der Waals surface area contributed by atoms with Gasteiger partial charge in [0.25, 0.3) is 11.1 Å². The van der Waals surface area contributed by atoms with Crippen LogP contribution >= 0.6 is 11.8 Å². The summed E-state index contributed by atoms with van der Waals surface area (Å²) in [6.45, 7) is 2.19. The molecule has 2 aliphatic heterocycles. The summed E-state index contributed by atoms with van der Waals surface area (Å²) in [6, 6.07) is 5.05. The third kappa shape index (κ3) is 3.70. The van der Waals surface area contributed by atoms with Crippen LogP contribution in [0, 0.1) is 0 Å². The highest BCUT2D eigenvalue weighted by molar-refractivity contribution is 8.18. The molecular formula is C22H21N2O6S+. The number of amides is 4. The summed E-state index contributed by atoms with van der Waals surface area (Å²) in [5, 5.41) is 12.3. The maximum absolute atomic E-state index is 13.0. The van der Waals surface area contributed by atoms with Crippen LogP contribution in [0.2, 0.25) is 0 Å². The Balaban J connectivity index is 1.64. The zero-order valence-corrected chi connectivity index (χ0v) is 17.6. The third-order valence-electron chi connectivity index (χ3n) is 5.85. The Morgan fingerprint density at radius 2 is 2.16 bits per heavy atom. The van der Waals surface area contributed by atoms with Gasteiger partial charge in [-0.3, -0.25) is 14.9 Å². The number of furan rings is 1. The molecule has 0 aliphatic carbocycles. The van der Waals surface area contributed by atoms with Gasteiger partial charge in [-0.05, 0) is 48.0 Å². The molecule has 2 fully saturated rings. The molecule has 2 saturated heterocycles. The van der Waals surface area contributed by atoms with E-state index < -0.39 is 27.6 Å². The molecule has 8 nitrogen and oxygen atoms in total. The van der Waals surface area contributed by atoms with Gasteiger partial charge in [0.15, 0.2) is 0 Å². The van der Waals surface area contributed by atoms with E-state index in [4.69, 9.17) is 4.42 Å². The SMILES string of the molecule is CC[C@@H]1CCC[N+]1(C(=O)O)C(=O)C=Cc1coc2ccc(C=C3SC(=O)NC3=O)cc12. The second-order valence-electron chi connectivity index (χ2n) is 7.55. The molecule has 1 aromatic heterocycles. The van der Waals surface area contributed by atoms with Crippen LogP contribution in [0.5, 0.6) is 0 Å². The summed E-state index contributed by atoms with van der Waals surface area (Å²) < 4.78 is 4.97. The number of hydrogen-bond acceptors (Lipinski definition) is 6. The topological polar surface area (TPSA) is 114 Å². The van der Waals surface area contributed by atoms with Crippen LogP contribution in [0.3, 0.4) is 0 Å². The van der Waals surface area contributed by atoms with Gasteiger partial charge >= 0.3 is 12.0 Å². The number of nitrogens with one attached hydrogen (secondary N) is 1. The fourth-order valence-corrected chi connectivity index (χ4v) is 4.97. The summed E-state index contributed by atoms with van der Waals surface area (Å²) in [7, 11) is 0. The molecule has 0 bridgehead atoms. The van der Waals surface area contributed by atoms with Crippen molar-refractivity contribution in [2.45, 2.75) is 32.2 Å². The minimum absolute atomic E-state index is 0.230. The van der Waals surface area contributed by atoms with Crippen molar-refractivity contribution >= 4 is 58.0 Å². The highest BCUT2D eigenvalue weighted by Crippen LogP contribution is 2.32. The Kier molecular flexibility index (Phi) is 5.55. The maximum atomic E-state index is 13.0. The van der Waals surface area contributed by atoms with E-state index >= 15 is 0 Å². The van der Waals surface area contributed by atoms with Gasteiger partial charge in [0.05, 0.1) is 17.7 Å². The Morgan fingerprint density at radius 1 is 1.35 bits per heavy atom. The number of imide groups is 2.